The minimum absolute atomic E-state index is 0.211. The molecule has 1 fully saturated rings. The Morgan fingerprint density at radius 3 is 2.93 bits per heavy atom. The summed E-state index contributed by atoms with van der Waals surface area (Å²) in [7, 11) is 0. The molecule has 2 atom stereocenters. The van der Waals surface area contributed by atoms with Crippen molar-refractivity contribution in [1.82, 2.24) is 0 Å². The molecule has 15 heavy (non-hydrogen) atoms. The molecule has 1 aliphatic heterocycles. The Morgan fingerprint density at radius 2 is 2.40 bits per heavy atom. The SMILES string of the molecule is CC(N)(CCCOC1CCOC1)C(N)=O. The number of amides is 1. The Labute approximate surface area is 90.1 Å². The maximum atomic E-state index is 10.9. The summed E-state index contributed by atoms with van der Waals surface area (Å²) in [4.78, 5) is 10.9. The fraction of sp³-hybridized carbons (Fsp3) is 0.900. The zero-order chi connectivity index (χ0) is 11.3. The molecule has 0 aromatic rings. The van der Waals surface area contributed by atoms with Gasteiger partial charge in [0.1, 0.15) is 0 Å². The van der Waals surface area contributed by atoms with Crippen molar-refractivity contribution >= 4 is 5.91 Å². The van der Waals surface area contributed by atoms with E-state index in [0.717, 1.165) is 19.4 Å². The minimum atomic E-state index is -0.921. The van der Waals surface area contributed by atoms with Crippen LogP contribution in [0.1, 0.15) is 26.2 Å². The molecule has 4 N–H and O–H groups in total. The highest BCUT2D eigenvalue weighted by molar-refractivity contribution is 5.83. The van der Waals surface area contributed by atoms with Gasteiger partial charge in [-0.05, 0) is 26.2 Å². The molecule has 1 rings (SSSR count). The second-order valence-electron chi connectivity index (χ2n) is 4.24. The maximum absolute atomic E-state index is 10.9. The van der Waals surface area contributed by atoms with E-state index >= 15 is 0 Å². The summed E-state index contributed by atoms with van der Waals surface area (Å²) in [6.45, 7) is 3.71. The van der Waals surface area contributed by atoms with Gasteiger partial charge < -0.3 is 20.9 Å². The van der Waals surface area contributed by atoms with Crippen LogP contribution < -0.4 is 11.5 Å². The van der Waals surface area contributed by atoms with E-state index in [1.165, 1.54) is 0 Å². The number of nitrogens with two attached hydrogens (primary N) is 2. The largest absolute Gasteiger partial charge is 0.379 e. The monoisotopic (exact) mass is 216 g/mol. The molecule has 0 bridgehead atoms. The van der Waals surface area contributed by atoms with Crippen LogP contribution in [0.15, 0.2) is 0 Å². The van der Waals surface area contributed by atoms with E-state index in [4.69, 9.17) is 20.9 Å². The van der Waals surface area contributed by atoms with Crippen LogP contribution in [0.2, 0.25) is 0 Å². The molecule has 1 heterocycles. The molecule has 5 nitrogen and oxygen atoms in total. The highest BCUT2D eigenvalue weighted by atomic mass is 16.5. The number of carbonyl (C=O) groups is 1. The number of rotatable bonds is 6. The van der Waals surface area contributed by atoms with Crippen LogP contribution in [0.3, 0.4) is 0 Å². The van der Waals surface area contributed by atoms with Gasteiger partial charge in [0.15, 0.2) is 0 Å². The third-order valence-corrected chi connectivity index (χ3v) is 2.64. The maximum Gasteiger partial charge on any atom is 0.237 e. The molecule has 5 heteroatoms. The fourth-order valence-corrected chi connectivity index (χ4v) is 1.46. The van der Waals surface area contributed by atoms with E-state index < -0.39 is 11.4 Å². The van der Waals surface area contributed by atoms with Gasteiger partial charge in [-0.1, -0.05) is 0 Å². The Kier molecular flexibility index (Phi) is 4.50. The van der Waals surface area contributed by atoms with Crippen molar-refractivity contribution in [2.24, 2.45) is 11.5 Å². The molecule has 0 radical (unpaired) electrons. The van der Waals surface area contributed by atoms with Gasteiger partial charge in [0.05, 0.1) is 18.2 Å². The van der Waals surface area contributed by atoms with Gasteiger partial charge in [0.2, 0.25) is 5.91 Å². The summed E-state index contributed by atoms with van der Waals surface area (Å²) >= 11 is 0. The number of carbonyl (C=O) groups excluding carboxylic acids is 1. The Hall–Kier alpha value is -0.650. The third kappa shape index (κ3) is 4.15. The zero-order valence-corrected chi connectivity index (χ0v) is 9.20. The van der Waals surface area contributed by atoms with Crippen molar-refractivity contribution in [2.45, 2.75) is 37.8 Å². The highest BCUT2D eigenvalue weighted by Gasteiger charge is 2.25. The summed E-state index contributed by atoms with van der Waals surface area (Å²) in [6, 6.07) is 0. The topological polar surface area (TPSA) is 87.6 Å². The second-order valence-corrected chi connectivity index (χ2v) is 4.24. The molecule has 0 spiro atoms. The molecule has 1 amide bonds. The standard InChI is InChI=1S/C10H20N2O3/c1-10(12,9(11)13)4-2-5-15-8-3-6-14-7-8/h8H,2-7,12H2,1H3,(H2,11,13). The van der Waals surface area contributed by atoms with E-state index in [0.29, 0.717) is 19.6 Å². The van der Waals surface area contributed by atoms with E-state index in [9.17, 15) is 4.79 Å². The van der Waals surface area contributed by atoms with Gasteiger partial charge in [-0.25, -0.2) is 0 Å². The van der Waals surface area contributed by atoms with Gasteiger partial charge in [0, 0.05) is 13.2 Å². The van der Waals surface area contributed by atoms with Crippen LogP contribution >= 0.6 is 0 Å². The number of hydrogen-bond donors (Lipinski definition) is 2. The summed E-state index contributed by atoms with van der Waals surface area (Å²) < 4.78 is 10.7. The zero-order valence-electron chi connectivity index (χ0n) is 9.20. The van der Waals surface area contributed by atoms with Crippen molar-refractivity contribution in [3.63, 3.8) is 0 Å². The quantitative estimate of drug-likeness (QED) is 0.601. The van der Waals surface area contributed by atoms with Crippen molar-refractivity contribution in [3.05, 3.63) is 0 Å². The number of primary amides is 1. The van der Waals surface area contributed by atoms with Gasteiger partial charge >= 0.3 is 0 Å². The third-order valence-electron chi connectivity index (χ3n) is 2.64. The summed E-state index contributed by atoms with van der Waals surface area (Å²) in [5.74, 6) is -0.466. The molecule has 0 saturated carbocycles. The molecule has 0 aromatic heterocycles. The van der Waals surface area contributed by atoms with Gasteiger partial charge in [-0.2, -0.15) is 0 Å². The Balaban J connectivity index is 2.08. The van der Waals surface area contributed by atoms with Gasteiger partial charge in [-0.3, -0.25) is 4.79 Å². The predicted molar refractivity (Wildman–Crippen MR) is 56.2 cm³/mol. The summed E-state index contributed by atoms with van der Waals surface area (Å²) in [5.41, 5.74) is 9.93. The van der Waals surface area contributed by atoms with Crippen LogP contribution in [0.4, 0.5) is 0 Å². The van der Waals surface area contributed by atoms with Crippen molar-refractivity contribution in [3.8, 4) is 0 Å². The first-order valence-corrected chi connectivity index (χ1v) is 5.30. The average Bonchev–Trinajstić information content (AvgIpc) is 2.64. The number of ether oxygens (including phenoxy) is 2. The summed E-state index contributed by atoms with van der Waals surface area (Å²) in [6.07, 6.45) is 2.46. The van der Waals surface area contributed by atoms with Crippen LogP contribution in [-0.2, 0) is 14.3 Å². The highest BCUT2D eigenvalue weighted by Crippen LogP contribution is 2.11. The van der Waals surface area contributed by atoms with Gasteiger partial charge in [0.25, 0.3) is 0 Å². The first-order chi connectivity index (χ1) is 7.02. The van der Waals surface area contributed by atoms with Crippen LogP contribution in [0.25, 0.3) is 0 Å². The van der Waals surface area contributed by atoms with Crippen LogP contribution in [0, 0.1) is 0 Å². The minimum Gasteiger partial charge on any atom is -0.379 e. The Bertz CT molecular complexity index is 213. The van der Waals surface area contributed by atoms with Crippen molar-refractivity contribution < 1.29 is 14.3 Å². The van der Waals surface area contributed by atoms with Gasteiger partial charge in [-0.15, -0.1) is 0 Å². The fourth-order valence-electron chi connectivity index (χ4n) is 1.46. The molecule has 0 aromatic carbocycles. The molecule has 0 aliphatic carbocycles. The normalized spacial score (nSPS) is 25.1. The smallest absolute Gasteiger partial charge is 0.237 e. The summed E-state index contributed by atoms with van der Waals surface area (Å²) in [5, 5.41) is 0. The van der Waals surface area contributed by atoms with Crippen molar-refractivity contribution in [1.29, 1.82) is 0 Å². The molecular formula is C10H20N2O3. The molecule has 88 valence electrons. The van der Waals surface area contributed by atoms with Crippen LogP contribution in [-0.4, -0.2) is 37.4 Å². The lowest BCUT2D eigenvalue weighted by molar-refractivity contribution is -0.122. The Morgan fingerprint density at radius 1 is 1.67 bits per heavy atom. The number of hydrogen-bond acceptors (Lipinski definition) is 4. The molecule has 2 unspecified atom stereocenters. The lowest BCUT2D eigenvalue weighted by Crippen LogP contribution is -2.49. The van der Waals surface area contributed by atoms with E-state index in [1.54, 1.807) is 6.92 Å². The predicted octanol–water partition coefficient (Wildman–Crippen LogP) is -0.225. The first-order valence-electron chi connectivity index (χ1n) is 5.30. The lowest BCUT2D eigenvalue weighted by atomic mass is 9.97. The molecule has 1 aliphatic rings. The molecule has 1 saturated heterocycles. The lowest BCUT2D eigenvalue weighted by Gasteiger charge is -2.20. The van der Waals surface area contributed by atoms with Crippen LogP contribution in [0.5, 0.6) is 0 Å². The van der Waals surface area contributed by atoms with E-state index in [-0.39, 0.29) is 6.10 Å². The second kappa shape index (κ2) is 5.44. The first kappa shape index (κ1) is 12.4. The van der Waals surface area contributed by atoms with E-state index in [2.05, 4.69) is 0 Å². The average molecular weight is 216 g/mol. The van der Waals surface area contributed by atoms with E-state index in [1.807, 2.05) is 0 Å². The molecular weight excluding hydrogens is 196 g/mol. The van der Waals surface area contributed by atoms with Crippen molar-refractivity contribution in [2.75, 3.05) is 19.8 Å².